The maximum absolute atomic E-state index is 13.3. The summed E-state index contributed by atoms with van der Waals surface area (Å²) in [5, 5.41) is 1.22. The largest absolute Gasteiger partial charge is 0.319 e. The van der Waals surface area contributed by atoms with Crippen molar-refractivity contribution in [3.63, 3.8) is 0 Å². The van der Waals surface area contributed by atoms with E-state index in [1.807, 2.05) is 6.66 Å². The van der Waals surface area contributed by atoms with Crippen molar-refractivity contribution >= 4 is 7.14 Å². The van der Waals surface area contributed by atoms with Gasteiger partial charge in [-0.3, -0.25) is 0 Å². The van der Waals surface area contributed by atoms with Gasteiger partial charge in [0.2, 0.25) is 0 Å². The van der Waals surface area contributed by atoms with Gasteiger partial charge < -0.3 is 4.57 Å². The van der Waals surface area contributed by atoms with Crippen LogP contribution in [0.3, 0.4) is 0 Å². The minimum atomic E-state index is -2.16. The summed E-state index contributed by atoms with van der Waals surface area (Å²) < 4.78 is 13.3. The van der Waals surface area contributed by atoms with Crippen LogP contribution in [0, 0.1) is 17.8 Å². The van der Waals surface area contributed by atoms with Crippen molar-refractivity contribution in [1.82, 2.24) is 0 Å². The van der Waals surface area contributed by atoms with Crippen molar-refractivity contribution in [1.29, 1.82) is 0 Å². The van der Waals surface area contributed by atoms with Gasteiger partial charge in [-0.05, 0) is 49.0 Å². The summed E-state index contributed by atoms with van der Waals surface area (Å²) in [5.41, 5.74) is 0.424. The molecule has 18 heavy (non-hydrogen) atoms. The van der Waals surface area contributed by atoms with E-state index in [0.717, 1.165) is 18.8 Å². The molecule has 1 saturated carbocycles. The van der Waals surface area contributed by atoms with Crippen molar-refractivity contribution in [3.8, 4) is 0 Å². The van der Waals surface area contributed by atoms with Crippen LogP contribution in [0.1, 0.15) is 46.5 Å². The van der Waals surface area contributed by atoms with Crippen molar-refractivity contribution < 1.29 is 4.57 Å². The van der Waals surface area contributed by atoms with Crippen LogP contribution < -0.4 is 0 Å². The van der Waals surface area contributed by atoms with Crippen molar-refractivity contribution in [2.45, 2.75) is 52.1 Å². The van der Waals surface area contributed by atoms with Crippen molar-refractivity contribution in [2.75, 3.05) is 6.66 Å². The minimum absolute atomic E-state index is 0.424. The summed E-state index contributed by atoms with van der Waals surface area (Å²) in [6.45, 7) is 8.97. The Morgan fingerprint density at radius 2 is 2.06 bits per heavy atom. The van der Waals surface area contributed by atoms with Gasteiger partial charge in [-0.15, -0.1) is 0 Å². The summed E-state index contributed by atoms with van der Waals surface area (Å²) in [5.74, 6) is 2.05. The molecule has 0 aromatic rings. The fourth-order valence-corrected chi connectivity index (χ4v) is 6.96. The molecule has 2 aliphatic rings. The first-order valence-electron chi connectivity index (χ1n) is 7.36. The van der Waals surface area contributed by atoms with E-state index in [2.05, 4.69) is 39.0 Å². The lowest BCUT2D eigenvalue weighted by molar-refractivity contribution is 0.237. The van der Waals surface area contributed by atoms with Crippen LogP contribution in [0.4, 0.5) is 0 Å². The summed E-state index contributed by atoms with van der Waals surface area (Å²) in [6, 6.07) is 0. The molecule has 2 rings (SSSR count). The normalized spacial score (nSPS) is 35.6. The van der Waals surface area contributed by atoms with Crippen molar-refractivity contribution in [2.24, 2.45) is 17.8 Å². The van der Waals surface area contributed by atoms with E-state index in [1.54, 1.807) is 0 Å². The molecular formula is C16H27OP. The molecule has 1 nitrogen and oxygen atoms in total. The number of rotatable bonds is 3. The van der Waals surface area contributed by atoms with Crippen LogP contribution in [-0.4, -0.2) is 12.3 Å². The molecule has 2 heteroatoms. The Labute approximate surface area is 112 Å². The fraction of sp³-hybridized carbons (Fsp3) is 0.750. The Balaban J connectivity index is 2.24. The highest BCUT2D eigenvalue weighted by Gasteiger charge is 2.41. The molecule has 0 aliphatic heterocycles. The Morgan fingerprint density at radius 1 is 1.33 bits per heavy atom. The maximum atomic E-state index is 13.3. The Kier molecular flexibility index (Phi) is 4.22. The van der Waals surface area contributed by atoms with Gasteiger partial charge in [-0.1, -0.05) is 45.4 Å². The van der Waals surface area contributed by atoms with Gasteiger partial charge in [-0.25, -0.2) is 0 Å². The van der Waals surface area contributed by atoms with E-state index in [1.165, 1.54) is 18.2 Å². The monoisotopic (exact) mass is 266 g/mol. The molecule has 0 amide bonds. The van der Waals surface area contributed by atoms with Gasteiger partial charge in [-0.2, -0.15) is 0 Å². The van der Waals surface area contributed by atoms with Gasteiger partial charge in [0.15, 0.2) is 0 Å². The molecule has 0 aromatic carbocycles. The zero-order valence-corrected chi connectivity index (χ0v) is 13.1. The molecule has 0 heterocycles. The molecule has 2 aliphatic carbocycles. The molecular weight excluding hydrogens is 239 g/mol. The molecule has 0 bridgehead atoms. The summed E-state index contributed by atoms with van der Waals surface area (Å²) >= 11 is 0. The molecule has 0 unspecified atom stereocenters. The van der Waals surface area contributed by atoms with E-state index in [0.29, 0.717) is 17.5 Å². The Morgan fingerprint density at radius 3 is 2.61 bits per heavy atom. The van der Waals surface area contributed by atoms with Gasteiger partial charge in [0.05, 0.1) is 0 Å². The molecule has 0 saturated heterocycles. The van der Waals surface area contributed by atoms with Crippen LogP contribution in [0.5, 0.6) is 0 Å². The lowest BCUT2D eigenvalue weighted by Crippen LogP contribution is -2.32. The second kappa shape index (κ2) is 5.37. The van der Waals surface area contributed by atoms with E-state index < -0.39 is 7.14 Å². The smallest absolute Gasteiger partial charge is 0.112 e. The van der Waals surface area contributed by atoms with E-state index in [4.69, 9.17) is 0 Å². The molecule has 0 spiro atoms. The van der Waals surface area contributed by atoms with Gasteiger partial charge in [0, 0.05) is 5.66 Å². The van der Waals surface area contributed by atoms with Crippen LogP contribution in [0.2, 0.25) is 0 Å². The third kappa shape index (κ3) is 2.67. The first kappa shape index (κ1) is 14.1. The molecule has 0 aromatic heterocycles. The number of hydrogen-bond donors (Lipinski definition) is 0. The predicted octanol–water partition coefficient (Wildman–Crippen LogP) is 5.28. The van der Waals surface area contributed by atoms with Crippen LogP contribution in [0.25, 0.3) is 0 Å². The average molecular weight is 266 g/mol. The first-order chi connectivity index (χ1) is 8.43. The van der Waals surface area contributed by atoms with Crippen molar-refractivity contribution in [3.05, 3.63) is 23.5 Å². The lowest BCUT2D eigenvalue weighted by atomic mass is 9.77. The van der Waals surface area contributed by atoms with E-state index in [9.17, 15) is 4.57 Å². The highest BCUT2D eigenvalue weighted by Crippen LogP contribution is 2.63. The summed E-state index contributed by atoms with van der Waals surface area (Å²) in [4.78, 5) is 0. The Bertz CT molecular complexity index is 405. The molecule has 0 radical (unpaired) electrons. The zero-order chi connectivity index (χ0) is 13.3. The SMILES string of the molecule is CC(C)[C@@H]1CC[C@@H](C)C[C@H]1[P@](C)(=O)C1=CC=CC1. The fourth-order valence-electron chi connectivity index (χ4n) is 3.70. The highest BCUT2D eigenvalue weighted by atomic mass is 31.2. The van der Waals surface area contributed by atoms with Crippen LogP contribution >= 0.6 is 7.14 Å². The van der Waals surface area contributed by atoms with Crippen LogP contribution in [0.15, 0.2) is 23.5 Å². The zero-order valence-electron chi connectivity index (χ0n) is 12.2. The summed E-state index contributed by atoms with van der Waals surface area (Å²) in [6.07, 6.45) is 11.0. The van der Waals surface area contributed by atoms with E-state index >= 15 is 0 Å². The maximum Gasteiger partial charge on any atom is 0.112 e. The quantitative estimate of drug-likeness (QED) is 0.635. The average Bonchev–Trinajstić information content (AvgIpc) is 2.82. The summed E-state index contributed by atoms with van der Waals surface area (Å²) in [7, 11) is -2.16. The third-order valence-electron chi connectivity index (χ3n) is 4.94. The molecule has 1 fully saturated rings. The van der Waals surface area contributed by atoms with E-state index in [-0.39, 0.29) is 0 Å². The second-order valence-corrected chi connectivity index (χ2v) is 9.89. The number of hydrogen-bond acceptors (Lipinski definition) is 1. The van der Waals surface area contributed by atoms with Crippen LogP contribution in [-0.2, 0) is 4.57 Å². The van der Waals surface area contributed by atoms with Gasteiger partial charge in [0.1, 0.15) is 7.14 Å². The second-order valence-electron chi connectivity index (χ2n) is 6.67. The molecule has 4 atom stereocenters. The Hall–Kier alpha value is -0.290. The van der Waals surface area contributed by atoms with Gasteiger partial charge >= 0.3 is 0 Å². The topological polar surface area (TPSA) is 17.1 Å². The highest BCUT2D eigenvalue weighted by molar-refractivity contribution is 7.68. The predicted molar refractivity (Wildman–Crippen MR) is 80.5 cm³/mol. The third-order valence-corrected chi connectivity index (χ3v) is 8.27. The number of allylic oxidation sites excluding steroid dienone is 4. The standard InChI is InChI=1S/C16H27OP/c1-12(2)15-10-9-13(3)11-16(15)18(4,17)14-7-5-6-8-14/h5-7,12-13,15-16H,8-11H2,1-4H3/t13-,15+,16-,18-/m1/s1. The molecule has 102 valence electrons. The lowest BCUT2D eigenvalue weighted by Gasteiger charge is -2.41. The first-order valence-corrected chi connectivity index (χ1v) is 9.58. The minimum Gasteiger partial charge on any atom is -0.319 e. The van der Waals surface area contributed by atoms with Gasteiger partial charge in [0.25, 0.3) is 0 Å². The molecule has 0 N–H and O–H groups in total.